The standard InChI is InChI=1S/C26H36N2O4/c1-17(2)21-7-11-23(12-8-21)31-19(5)25(29)27-15-16-28-26(30)20(6)32-24-13-9-22(10-14-24)18(3)4/h7-14,17-20H,15-16H2,1-6H3,(H,27,29)(H,28,30). The minimum atomic E-state index is -0.633. The molecule has 6 heteroatoms. The SMILES string of the molecule is CC(Oc1ccc(C(C)C)cc1)C(=O)NCCNC(=O)C(C)Oc1ccc(C(C)C)cc1. The Morgan fingerprint density at radius 3 is 1.22 bits per heavy atom. The van der Waals surface area contributed by atoms with Crippen molar-refractivity contribution in [2.24, 2.45) is 0 Å². The van der Waals surface area contributed by atoms with Crippen LogP contribution in [0, 0.1) is 0 Å². The van der Waals surface area contributed by atoms with Crippen LogP contribution in [-0.2, 0) is 9.59 Å². The molecule has 0 aliphatic carbocycles. The fraction of sp³-hybridized carbons (Fsp3) is 0.462. The highest BCUT2D eigenvalue weighted by atomic mass is 16.5. The normalized spacial score (nSPS) is 12.9. The third-order valence-electron chi connectivity index (χ3n) is 5.18. The predicted octanol–water partition coefficient (Wildman–Crippen LogP) is 4.40. The maximum absolute atomic E-state index is 12.2. The molecule has 6 nitrogen and oxygen atoms in total. The number of hydrogen-bond donors (Lipinski definition) is 2. The highest BCUT2D eigenvalue weighted by Crippen LogP contribution is 2.20. The van der Waals surface area contributed by atoms with E-state index < -0.39 is 12.2 Å². The van der Waals surface area contributed by atoms with E-state index in [1.54, 1.807) is 13.8 Å². The zero-order valence-corrected chi connectivity index (χ0v) is 20.0. The van der Waals surface area contributed by atoms with Crippen LogP contribution in [0.1, 0.15) is 64.5 Å². The summed E-state index contributed by atoms with van der Waals surface area (Å²) >= 11 is 0. The average molecular weight is 441 g/mol. The fourth-order valence-electron chi connectivity index (χ4n) is 3.04. The molecule has 0 aromatic heterocycles. The molecule has 0 radical (unpaired) electrons. The lowest BCUT2D eigenvalue weighted by Crippen LogP contribution is -2.43. The Balaban J connectivity index is 1.68. The van der Waals surface area contributed by atoms with Crippen LogP contribution < -0.4 is 20.1 Å². The van der Waals surface area contributed by atoms with Crippen molar-refractivity contribution in [3.63, 3.8) is 0 Å². The van der Waals surface area contributed by atoms with E-state index in [9.17, 15) is 9.59 Å². The molecule has 2 amide bonds. The van der Waals surface area contributed by atoms with Crippen LogP contribution >= 0.6 is 0 Å². The van der Waals surface area contributed by atoms with Crippen molar-refractivity contribution in [1.82, 2.24) is 10.6 Å². The molecule has 0 aliphatic heterocycles. The Morgan fingerprint density at radius 2 is 0.938 bits per heavy atom. The maximum Gasteiger partial charge on any atom is 0.260 e. The molecule has 2 unspecified atom stereocenters. The maximum atomic E-state index is 12.2. The first kappa shape index (κ1) is 25.2. The van der Waals surface area contributed by atoms with Gasteiger partial charge in [-0.1, -0.05) is 52.0 Å². The first-order valence-corrected chi connectivity index (χ1v) is 11.3. The number of carbonyl (C=O) groups is 2. The zero-order valence-electron chi connectivity index (χ0n) is 20.0. The van der Waals surface area contributed by atoms with Crippen molar-refractivity contribution in [3.8, 4) is 11.5 Å². The Labute approximate surface area is 191 Å². The van der Waals surface area contributed by atoms with Gasteiger partial charge in [0.05, 0.1) is 0 Å². The van der Waals surface area contributed by atoms with Crippen molar-refractivity contribution in [1.29, 1.82) is 0 Å². The summed E-state index contributed by atoms with van der Waals surface area (Å²) in [6.07, 6.45) is -1.27. The Kier molecular flexibility index (Phi) is 9.57. The molecular formula is C26H36N2O4. The van der Waals surface area contributed by atoms with Crippen LogP contribution in [0.3, 0.4) is 0 Å². The second-order valence-electron chi connectivity index (χ2n) is 8.55. The third kappa shape index (κ3) is 7.91. The first-order chi connectivity index (χ1) is 15.2. The van der Waals surface area contributed by atoms with Crippen LogP contribution in [0.25, 0.3) is 0 Å². The molecule has 0 aliphatic rings. The molecule has 2 atom stereocenters. The summed E-state index contributed by atoms with van der Waals surface area (Å²) in [6, 6.07) is 15.5. The van der Waals surface area contributed by atoms with Gasteiger partial charge in [0.25, 0.3) is 11.8 Å². The molecule has 2 rings (SSSR count). The van der Waals surface area contributed by atoms with Gasteiger partial charge in [0.2, 0.25) is 0 Å². The lowest BCUT2D eigenvalue weighted by Gasteiger charge is -2.17. The lowest BCUT2D eigenvalue weighted by molar-refractivity contribution is -0.129. The summed E-state index contributed by atoms with van der Waals surface area (Å²) in [6.45, 7) is 12.5. The van der Waals surface area contributed by atoms with Crippen LogP contribution in [0.2, 0.25) is 0 Å². The van der Waals surface area contributed by atoms with Crippen molar-refractivity contribution >= 4 is 11.8 Å². The largest absolute Gasteiger partial charge is 0.481 e. The van der Waals surface area contributed by atoms with E-state index in [-0.39, 0.29) is 11.8 Å². The number of nitrogens with one attached hydrogen (secondary N) is 2. The van der Waals surface area contributed by atoms with Crippen molar-refractivity contribution in [3.05, 3.63) is 59.7 Å². The molecule has 0 bridgehead atoms. The zero-order chi connectivity index (χ0) is 23.7. The minimum absolute atomic E-state index is 0.235. The van der Waals surface area contributed by atoms with Crippen molar-refractivity contribution in [2.75, 3.05) is 13.1 Å². The summed E-state index contributed by atoms with van der Waals surface area (Å²) < 4.78 is 11.4. The summed E-state index contributed by atoms with van der Waals surface area (Å²) in [5.74, 6) is 1.72. The lowest BCUT2D eigenvalue weighted by atomic mass is 10.0. The quantitative estimate of drug-likeness (QED) is 0.508. The van der Waals surface area contributed by atoms with Crippen LogP contribution in [0.15, 0.2) is 48.5 Å². The summed E-state index contributed by atoms with van der Waals surface area (Å²) in [4.78, 5) is 24.5. The molecule has 2 aromatic rings. The Bertz CT molecular complexity index is 787. The van der Waals surface area contributed by atoms with Gasteiger partial charge in [-0.15, -0.1) is 0 Å². The van der Waals surface area contributed by atoms with Gasteiger partial charge in [-0.2, -0.15) is 0 Å². The molecule has 0 saturated heterocycles. The summed E-state index contributed by atoms with van der Waals surface area (Å²) in [7, 11) is 0. The number of hydrogen-bond acceptors (Lipinski definition) is 4. The number of ether oxygens (including phenoxy) is 2. The van der Waals surface area contributed by atoms with E-state index >= 15 is 0 Å². The third-order valence-corrected chi connectivity index (χ3v) is 5.18. The van der Waals surface area contributed by atoms with Crippen LogP contribution in [-0.4, -0.2) is 37.1 Å². The van der Waals surface area contributed by atoms with E-state index in [2.05, 4.69) is 38.3 Å². The van der Waals surface area contributed by atoms with E-state index in [1.807, 2.05) is 48.5 Å². The van der Waals surface area contributed by atoms with E-state index in [1.165, 1.54) is 11.1 Å². The molecule has 174 valence electrons. The van der Waals surface area contributed by atoms with Gasteiger partial charge < -0.3 is 20.1 Å². The smallest absolute Gasteiger partial charge is 0.260 e. The second kappa shape index (κ2) is 12.1. The van der Waals surface area contributed by atoms with Crippen LogP contribution in [0.5, 0.6) is 11.5 Å². The van der Waals surface area contributed by atoms with E-state index in [0.717, 1.165) is 0 Å². The number of carbonyl (C=O) groups excluding carboxylic acids is 2. The average Bonchev–Trinajstić information content (AvgIpc) is 2.77. The van der Waals surface area contributed by atoms with Gasteiger partial charge in [-0.3, -0.25) is 9.59 Å². The Morgan fingerprint density at radius 1 is 0.625 bits per heavy atom. The van der Waals surface area contributed by atoms with Gasteiger partial charge in [0.1, 0.15) is 11.5 Å². The van der Waals surface area contributed by atoms with Crippen LogP contribution in [0.4, 0.5) is 0 Å². The number of amides is 2. The van der Waals surface area contributed by atoms with E-state index in [4.69, 9.17) is 9.47 Å². The molecule has 0 saturated carbocycles. The van der Waals surface area contributed by atoms with Crippen molar-refractivity contribution < 1.29 is 19.1 Å². The molecule has 0 spiro atoms. The topological polar surface area (TPSA) is 76.7 Å². The monoisotopic (exact) mass is 440 g/mol. The highest BCUT2D eigenvalue weighted by Gasteiger charge is 2.16. The molecular weight excluding hydrogens is 404 g/mol. The van der Waals surface area contributed by atoms with Gasteiger partial charge in [-0.05, 0) is 61.1 Å². The minimum Gasteiger partial charge on any atom is -0.481 e. The van der Waals surface area contributed by atoms with Gasteiger partial charge in [-0.25, -0.2) is 0 Å². The highest BCUT2D eigenvalue weighted by molar-refractivity contribution is 5.81. The molecule has 2 aromatic carbocycles. The van der Waals surface area contributed by atoms with E-state index in [0.29, 0.717) is 36.4 Å². The van der Waals surface area contributed by atoms with Gasteiger partial charge in [0, 0.05) is 13.1 Å². The fourth-order valence-corrected chi connectivity index (χ4v) is 3.04. The van der Waals surface area contributed by atoms with Gasteiger partial charge in [0.15, 0.2) is 12.2 Å². The molecule has 0 fully saturated rings. The number of rotatable bonds is 11. The number of benzene rings is 2. The summed E-state index contributed by atoms with van der Waals surface area (Å²) in [5, 5.41) is 5.55. The Hall–Kier alpha value is -3.02. The molecule has 0 heterocycles. The van der Waals surface area contributed by atoms with Crippen molar-refractivity contribution in [2.45, 2.75) is 65.6 Å². The molecule has 32 heavy (non-hydrogen) atoms. The first-order valence-electron chi connectivity index (χ1n) is 11.3. The second-order valence-corrected chi connectivity index (χ2v) is 8.55. The molecule has 2 N–H and O–H groups in total. The summed E-state index contributed by atoms with van der Waals surface area (Å²) in [5.41, 5.74) is 2.44. The van der Waals surface area contributed by atoms with Gasteiger partial charge >= 0.3 is 0 Å². The predicted molar refractivity (Wildman–Crippen MR) is 127 cm³/mol.